The number of ether oxygens (including phenoxy) is 3. The van der Waals surface area contributed by atoms with Crippen molar-refractivity contribution >= 4 is 11.8 Å². The van der Waals surface area contributed by atoms with Crippen LogP contribution in [0.2, 0.25) is 0 Å². The predicted octanol–water partition coefficient (Wildman–Crippen LogP) is -6.22. The Morgan fingerprint density at radius 3 is 2.00 bits per heavy atom. The van der Waals surface area contributed by atoms with E-state index in [-0.39, 0.29) is 18.7 Å². The van der Waals surface area contributed by atoms with Crippen molar-refractivity contribution in [2.24, 2.45) is 5.84 Å². The van der Waals surface area contributed by atoms with E-state index in [1.165, 1.54) is 0 Å². The normalized spacial score (nSPS) is 38.4. The number of unbranched alkanes of at least 4 members (excludes halogenated alkanes) is 1. The number of nitrogens with two attached hydrogens (primary N) is 1. The molecule has 10 atom stereocenters. The highest BCUT2D eigenvalue weighted by Crippen LogP contribution is 2.28. The third-order valence-electron chi connectivity index (χ3n) is 5.58. The minimum absolute atomic E-state index is 0.0441. The summed E-state index contributed by atoms with van der Waals surface area (Å²) < 4.78 is 16.1. The van der Waals surface area contributed by atoms with Crippen molar-refractivity contribution in [3.8, 4) is 0 Å². The Morgan fingerprint density at radius 2 is 1.41 bits per heavy atom. The topological polar surface area (TPSA) is 266 Å². The number of hydrazine groups is 2. The van der Waals surface area contributed by atoms with E-state index in [2.05, 4.69) is 10.9 Å². The lowest BCUT2D eigenvalue weighted by molar-refractivity contribution is -0.343. The lowest BCUT2D eigenvalue weighted by Crippen LogP contribution is -2.67. The van der Waals surface area contributed by atoms with Gasteiger partial charge in [-0.3, -0.25) is 20.4 Å². The van der Waals surface area contributed by atoms with Gasteiger partial charge in [0.05, 0.1) is 13.2 Å². The lowest BCUT2D eigenvalue weighted by Gasteiger charge is -2.46. The van der Waals surface area contributed by atoms with Gasteiger partial charge in [-0.1, -0.05) is 0 Å². The van der Waals surface area contributed by atoms with E-state index >= 15 is 0 Å². The van der Waals surface area contributed by atoms with Crippen molar-refractivity contribution in [3.05, 3.63) is 0 Å². The predicted molar refractivity (Wildman–Crippen MR) is 108 cm³/mol. The molecule has 0 aromatic rings. The molecule has 2 rings (SSSR count). The lowest BCUT2D eigenvalue weighted by atomic mass is 9.96. The van der Waals surface area contributed by atoms with Gasteiger partial charge in [-0.05, 0) is 12.8 Å². The van der Waals surface area contributed by atoms with Crippen molar-refractivity contribution < 1.29 is 59.5 Å². The van der Waals surface area contributed by atoms with Gasteiger partial charge in [0.25, 0.3) is 0 Å². The molecule has 2 amide bonds. The van der Waals surface area contributed by atoms with Crippen LogP contribution in [0.3, 0.4) is 0 Å². The van der Waals surface area contributed by atoms with Gasteiger partial charge in [0.2, 0.25) is 11.8 Å². The van der Waals surface area contributed by atoms with Crippen LogP contribution in [0.25, 0.3) is 0 Å². The molecule has 16 heteroatoms. The van der Waals surface area contributed by atoms with E-state index in [0.717, 1.165) is 0 Å². The van der Waals surface area contributed by atoms with Gasteiger partial charge in [-0.15, -0.1) is 0 Å². The van der Waals surface area contributed by atoms with E-state index < -0.39 is 80.5 Å². The van der Waals surface area contributed by atoms with Gasteiger partial charge >= 0.3 is 0 Å². The van der Waals surface area contributed by atoms with Gasteiger partial charge < -0.3 is 50.0 Å². The maximum absolute atomic E-state index is 11.9. The number of nitrogens with one attached hydrogen (secondary N) is 3. The van der Waals surface area contributed by atoms with Crippen molar-refractivity contribution in [1.29, 1.82) is 0 Å². The second-order valence-corrected chi connectivity index (χ2v) is 8.02. The van der Waals surface area contributed by atoms with Crippen LogP contribution in [0.1, 0.15) is 25.7 Å². The Labute approximate surface area is 194 Å². The second kappa shape index (κ2) is 13.5. The van der Waals surface area contributed by atoms with Gasteiger partial charge in [0.15, 0.2) is 12.5 Å². The summed E-state index contributed by atoms with van der Waals surface area (Å²) in [5.41, 5.74) is 6.67. The summed E-state index contributed by atoms with van der Waals surface area (Å²) in [6, 6.07) is 0. The first-order chi connectivity index (χ1) is 16.1. The molecule has 16 nitrogen and oxygen atoms in total. The van der Waals surface area contributed by atoms with Gasteiger partial charge in [0.1, 0.15) is 48.8 Å². The average molecular weight is 498 g/mol. The maximum atomic E-state index is 11.9. The zero-order valence-electron chi connectivity index (χ0n) is 18.3. The number of hydrogen-bond acceptors (Lipinski definition) is 14. The Hall–Kier alpha value is -1.54. The Kier molecular flexibility index (Phi) is 11.4. The molecule has 0 radical (unpaired) electrons. The van der Waals surface area contributed by atoms with Crippen LogP contribution < -0.4 is 22.1 Å². The SMILES string of the molecule is NNC(=O)CCCCC(=O)NNC1OC(CO)C(OC2OC(CO)C(O)C(O)[C@@H]2O)C(O)[C@@H]1O. The molecule has 12 N–H and O–H groups in total. The molecule has 198 valence electrons. The number of carbonyl (C=O) groups excluding carboxylic acids is 2. The van der Waals surface area contributed by atoms with Crippen molar-refractivity contribution in [2.75, 3.05) is 13.2 Å². The molecule has 0 aromatic carbocycles. The average Bonchev–Trinajstić information content (AvgIpc) is 2.83. The molecule has 2 aliphatic rings. The number of aliphatic hydroxyl groups is 7. The molecule has 0 bridgehead atoms. The van der Waals surface area contributed by atoms with Crippen LogP contribution in [-0.2, 0) is 23.8 Å². The third kappa shape index (κ3) is 7.23. The zero-order valence-corrected chi connectivity index (χ0v) is 18.3. The van der Waals surface area contributed by atoms with Gasteiger partial charge in [-0.2, -0.15) is 0 Å². The molecule has 2 fully saturated rings. The Bertz CT molecular complexity index is 656. The van der Waals surface area contributed by atoms with E-state index in [0.29, 0.717) is 12.8 Å². The molecule has 34 heavy (non-hydrogen) atoms. The van der Waals surface area contributed by atoms with Crippen LogP contribution in [-0.4, -0.2) is 122 Å². The van der Waals surface area contributed by atoms with Crippen molar-refractivity contribution in [1.82, 2.24) is 16.3 Å². The van der Waals surface area contributed by atoms with Crippen LogP contribution in [0.15, 0.2) is 0 Å². The molecule has 0 spiro atoms. The quantitative estimate of drug-likeness (QED) is 0.0548. The molecule has 2 saturated heterocycles. The number of amides is 2. The summed E-state index contributed by atoms with van der Waals surface area (Å²) in [6.07, 6.45) is -14.5. The van der Waals surface area contributed by atoms with E-state index in [9.17, 15) is 45.3 Å². The number of carbonyl (C=O) groups is 2. The molecule has 0 saturated carbocycles. The van der Waals surface area contributed by atoms with Crippen molar-refractivity contribution in [3.63, 3.8) is 0 Å². The fourth-order valence-electron chi connectivity index (χ4n) is 3.57. The molecule has 0 aromatic heterocycles. The molecular formula is C18H34N4O12. The fraction of sp³-hybridized carbons (Fsp3) is 0.889. The highest BCUT2D eigenvalue weighted by atomic mass is 16.7. The summed E-state index contributed by atoms with van der Waals surface area (Å²) >= 11 is 0. The first-order valence-corrected chi connectivity index (χ1v) is 10.8. The number of aliphatic hydroxyl groups excluding tert-OH is 7. The largest absolute Gasteiger partial charge is 0.394 e. The summed E-state index contributed by atoms with van der Waals surface area (Å²) in [5.74, 6) is 4.11. The highest BCUT2D eigenvalue weighted by molar-refractivity contribution is 5.76. The summed E-state index contributed by atoms with van der Waals surface area (Å²) in [6.45, 7) is -1.41. The Morgan fingerprint density at radius 1 is 0.794 bits per heavy atom. The smallest absolute Gasteiger partial charge is 0.234 e. The van der Waals surface area contributed by atoms with Crippen LogP contribution >= 0.6 is 0 Å². The summed E-state index contributed by atoms with van der Waals surface area (Å²) in [5, 5.41) is 69.7. The van der Waals surface area contributed by atoms with E-state index in [1.807, 2.05) is 5.43 Å². The molecule has 2 heterocycles. The van der Waals surface area contributed by atoms with Crippen LogP contribution in [0.5, 0.6) is 0 Å². The molecular weight excluding hydrogens is 464 g/mol. The van der Waals surface area contributed by atoms with Crippen LogP contribution in [0.4, 0.5) is 0 Å². The van der Waals surface area contributed by atoms with Gasteiger partial charge in [0, 0.05) is 12.8 Å². The zero-order chi connectivity index (χ0) is 25.4. The third-order valence-corrected chi connectivity index (χ3v) is 5.58. The number of rotatable bonds is 11. The first kappa shape index (κ1) is 28.7. The van der Waals surface area contributed by atoms with Crippen molar-refractivity contribution in [2.45, 2.75) is 87.0 Å². The van der Waals surface area contributed by atoms with E-state index in [4.69, 9.17) is 20.1 Å². The second-order valence-electron chi connectivity index (χ2n) is 8.02. The summed E-state index contributed by atoms with van der Waals surface area (Å²) in [7, 11) is 0. The number of hydrogen-bond donors (Lipinski definition) is 11. The minimum atomic E-state index is -1.77. The monoisotopic (exact) mass is 498 g/mol. The Balaban J connectivity index is 1.90. The first-order valence-electron chi connectivity index (χ1n) is 10.8. The van der Waals surface area contributed by atoms with Gasteiger partial charge in [-0.25, -0.2) is 11.3 Å². The molecule has 8 unspecified atom stereocenters. The van der Waals surface area contributed by atoms with Crippen LogP contribution in [0, 0.1) is 0 Å². The standard InChI is InChI=1S/C18H34N4O12/c19-20-9(25)3-1-2-4-10(26)21-22-17-14(30)13(29)16(8(6-24)32-17)34-18-15(31)12(28)11(27)7(5-23)33-18/h7-8,11-18,22-24,27-31H,1-6,19H2,(H,20,25)(H,21,26)/t7?,8?,11?,12?,13?,14-,15-,16?,17?,18?/m0/s1. The maximum Gasteiger partial charge on any atom is 0.234 e. The molecule has 0 aliphatic carbocycles. The van der Waals surface area contributed by atoms with E-state index in [1.54, 1.807) is 0 Å². The highest BCUT2D eigenvalue weighted by Gasteiger charge is 2.50. The fourth-order valence-corrected chi connectivity index (χ4v) is 3.57. The summed E-state index contributed by atoms with van der Waals surface area (Å²) in [4.78, 5) is 23.0. The molecule has 2 aliphatic heterocycles. The minimum Gasteiger partial charge on any atom is -0.394 e.